The highest BCUT2D eigenvalue weighted by molar-refractivity contribution is 7.99. The van der Waals surface area contributed by atoms with E-state index in [4.69, 9.17) is 4.99 Å². The molecule has 1 aromatic heterocycles. The van der Waals surface area contributed by atoms with Gasteiger partial charge in [-0.25, -0.2) is 13.8 Å². The summed E-state index contributed by atoms with van der Waals surface area (Å²) in [5, 5.41) is 4.64. The summed E-state index contributed by atoms with van der Waals surface area (Å²) in [6.45, 7) is 3.49. The summed E-state index contributed by atoms with van der Waals surface area (Å²) in [6, 6.07) is 15.5. The fraction of sp³-hybridized carbons (Fsp3) is 0.200. The molecule has 3 nitrogen and oxygen atoms in total. The van der Waals surface area contributed by atoms with Crippen LogP contribution in [0.15, 0.2) is 80.8 Å². The summed E-state index contributed by atoms with van der Waals surface area (Å²) in [6.07, 6.45) is 1.72. The lowest BCUT2D eigenvalue weighted by atomic mass is 10.1. The van der Waals surface area contributed by atoms with Gasteiger partial charge < -0.3 is 5.32 Å². The van der Waals surface area contributed by atoms with Crippen molar-refractivity contribution in [1.82, 2.24) is 5.32 Å². The van der Waals surface area contributed by atoms with Gasteiger partial charge in [0, 0.05) is 33.9 Å². The number of nitrogens with one attached hydrogen (secondary N) is 1. The number of fused-ring (bicyclic) bond motifs is 2. The standard InChI is InChI=1S/C25H22F2N2OS2/c1-3-11-25(26,27)12-13-28-24(30)17-8-9-21-19(15-17)29-22(23-16(2)10-14-31-23)18-6-4-5-7-20(18)32-21/h3-11,14-15H,12-13H2,1-2H3,(H,28,30)/b11-3+. The minimum absolute atomic E-state index is 0.115. The molecule has 1 amide bonds. The summed E-state index contributed by atoms with van der Waals surface area (Å²) in [7, 11) is 0. The van der Waals surface area contributed by atoms with Gasteiger partial charge >= 0.3 is 0 Å². The molecular weight excluding hydrogens is 446 g/mol. The van der Waals surface area contributed by atoms with E-state index in [0.29, 0.717) is 11.3 Å². The highest BCUT2D eigenvalue weighted by Gasteiger charge is 2.25. The van der Waals surface area contributed by atoms with Crippen LogP contribution >= 0.6 is 23.1 Å². The lowest BCUT2D eigenvalue weighted by Crippen LogP contribution is -2.28. The second kappa shape index (κ2) is 9.38. The number of carbonyl (C=O) groups is 1. The van der Waals surface area contributed by atoms with E-state index in [1.807, 2.05) is 23.6 Å². The van der Waals surface area contributed by atoms with E-state index in [9.17, 15) is 13.6 Å². The molecule has 0 bridgehead atoms. The van der Waals surface area contributed by atoms with Gasteiger partial charge in [0.1, 0.15) is 0 Å². The van der Waals surface area contributed by atoms with E-state index in [0.717, 1.165) is 37.6 Å². The van der Waals surface area contributed by atoms with Crippen LogP contribution in [-0.4, -0.2) is 24.1 Å². The van der Waals surface area contributed by atoms with Crippen LogP contribution in [0, 0.1) is 6.92 Å². The van der Waals surface area contributed by atoms with Crippen molar-refractivity contribution < 1.29 is 13.6 Å². The minimum atomic E-state index is -2.93. The molecule has 0 radical (unpaired) electrons. The number of allylic oxidation sites excluding steroid dienone is 2. The molecule has 1 aliphatic heterocycles. The lowest BCUT2D eigenvalue weighted by Gasteiger charge is -2.12. The summed E-state index contributed by atoms with van der Waals surface area (Å²) in [4.78, 5) is 20.7. The van der Waals surface area contributed by atoms with Gasteiger partial charge in [-0.2, -0.15) is 0 Å². The molecule has 0 spiro atoms. The van der Waals surface area contributed by atoms with Crippen molar-refractivity contribution in [3.63, 3.8) is 0 Å². The molecule has 4 rings (SSSR count). The smallest absolute Gasteiger partial charge is 0.268 e. The Kier molecular flexibility index (Phi) is 6.58. The summed E-state index contributed by atoms with van der Waals surface area (Å²) < 4.78 is 27.3. The Labute approximate surface area is 194 Å². The zero-order valence-corrected chi connectivity index (χ0v) is 19.3. The van der Waals surface area contributed by atoms with Crippen LogP contribution in [0.5, 0.6) is 0 Å². The fourth-order valence-corrected chi connectivity index (χ4v) is 5.38. The molecule has 0 unspecified atom stereocenters. The van der Waals surface area contributed by atoms with Crippen LogP contribution < -0.4 is 5.32 Å². The normalized spacial score (nSPS) is 13.3. The molecule has 0 aliphatic carbocycles. The van der Waals surface area contributed by atoms with Gasteiger partial charge in [0.25, 0.3) is 11.8 Å². The molecule has 1 N–H and O–H groups in total. The molecular formula is C25H22F2N2OS2. The number of hydrogen-bond acceptors (Lipinski definition) is 4. The minimum Gasteiger partial charge on any atom is -0.352 e. The highest BCUT2D eigenvalue weighted by Crippen LogP contribution is 2.42. The van der Waals surface area contributed by atoms with Gasteiger partial charge in [0.2, 0.25) is 0 Å². The second-order valence-electron chi connectivity index (χ2n) is 7.44. The maximum atomic E-state index is 13.6. The predicted octanol–water partition coefficient (Wildman–Crippen LogP) is 7.02. The Morgan fingerprint density at radius 1 is 1.16 bits per heavy atom. The monoisotopic (exact) mass is 468 g/mol. The van der Waals surface area contributed by atoms with Crippen molar-refractivity contribution >= 4 is 40.4 Å². The number of benzene rings is 2. The molecule has 0 fully saturated rings. The third kappa shape index (κ3) is 4.84. The summed E-state index contributed by atoms with van der Waals surface area (Å²) in [5.41, 5.74) is 4.17. The lowest BCUT2D eigenvalue weighted by molar-refractivity contribution is 0.0455. The first kappa shape index (κ1) is 22.4. The first-order valence-corrected chi connectivity index (χ1v) is 11.9. The Balaban J connectivity index is 1.64. The Morgan fingerprint density at radius 3 is 2.72 bits per heavy atom. The van der Waals surface area contributed by atoms with Gasteiger partial charge in [-0.15, -0.1) is 11.3 Å². The average Bonchev–Trinajstić information content (AvgIpc) is 3.11. The van der Waals surface area contributed by atoms with E-state index in [2.05, 4.69) is 30.4 Å². The number of rotatable bonds is 6. The number of amides is 1. The van der Waals surface area contributed by atoms with Gasteiger partial charge in [0.15, 0.2) is 0 Å². The maximum Gasteiger partial charge on any atom is 0.268 e. The van der Waals surface area contributed by atoms with E-state index >= 15 is 0 Å². The molecule has 1 aliphatic rings. The van der Waals surface area contributed by atoms with Crippen molar-refractivity contribution in [2.75, 3.05) is 6.54 Å². The molecule has 0 atom stereocenters. The molecule has 7 heteroatoms. The topological polar surface area (TPSA) is 41.5 Å². The Hall–Kier alpha value is -2.77. The van der Waals surface area contributed by atoms with Crippen LogP contribution in [-0.2, 0) is 0 Å². The largest absolute Gasteiger partial charge is 0.352 e. The molecule has 164 valence electrons. The number of carbonyl (C=O) groups excluding carboxylic acids is 1. The first-order chi connectivity index (χ1) is 15.4. The number of nitrogens with zero attached hydrogens (tertiary/aromatic N) is 1. The van der Waals surface area contributed by atoms with Crippen LogP contribution in [0.2, 0.25) is 0 Å². The van der Waals surface area contributed by atoms with Crippen molar-refractivity contribution in [3.05, 3.63) is 87.6 Å². The van der Waals surface area contributed by atoms with Crippen molar-refractivity contribution in [2.45, 2.75) is 36.0 Å². The quantitative estimate of drug-likeness (QED) is 0.309. The van der Waals surface area contributed by atoms with E-state index in [1.54, 1.807) is 42.2 Å². The van der Waals surface area contributed by atoms with Crippen molar-refractivity contribution in [3.8, 4) is 0 Å². The zero-order valence-electron chi connectivity index (χ0n) is 17.7. The Morgan fingerprint density at radius 2 is 1.97 bits per heavy atom. The Bertz CT molecular complexity index is 1210. The number of thiophene rings is 1. The number of halogens is 2. The highest BCUT2D eigenvalue weighted by atomic mass is 32.2. The molecule has 32 heavy (non-hydrogen) atoms. The van der Waals surface area contributed by atoms with Crippen molar-refractivity contribution in [2.24, 2.45) is 4.99 Å². The van der Waals surface area contributed by atoms with Gasteiger partial charge in [-0.05, 0) is 61.2 Å². The van der Waals surface area contributed by atoms with Gasteiger partial charge in [-0.1, -0.05) is 36.0 Å². The molecule has 0 saturated carbocycles. The average molecular weight is 469 g/mol. The number of aliphatic imine (C=N–C) groups is 1. The van der Waals surface area contributed by atoms with Crippen LogP contribution in [0.1, 0.15) is 39.7 Å². The van der Waals surface area contributed by atoms with Gasteiger partial charge in [0.05, 0.1) is 16.3 Å². The van der Waals surface area contributed by atoms with Crippen molar-refractivity contribution in [1.29, 1.82) is 0 Å². The second-order valence-corrected chi connectivity index (χ2v) is 9.44. The van der Waals surface area contributed by atoms with E-state index in [1.165, 1.54) is 6.08 Å². The van der Waals surface area contributed by atoms with E-state index < -0.39 is 12.3 Å². The SMILES string of the molecule is C/C=C/C(F)(F)CCNC(=O)c1ccc2c(c1)N=C(c1sccc1C)c1ccccc1S2. The number of alkyl halides is 2. The number of aryl methyl sites for hydroxylation is 1. The fourth-order valence-electron chi connectivity index (χ4n) is 3.44. The van der Waals surface area contributed by atoms with Crippen LogP contribution in [0.25, 0.3) is 0 Å². The molecule has 2 heterocycles. The molecule has 0 saturated heterocycles. The summed E-state index contributed by atoms with van der Waals surface area (Å²) in [5.74, 6) is -3.32. The maximum absolute atomic E-state index is 13.6. The third-order valence-corrected chi connectivity index (χ3v) is 7.21. The molecule has 3 aromatic rings. The molecule has 2 aromatic carbocycles. The first-order valence-electron chi connectivity index (χ1n) is 10.2. The van der Waals surface area contributed by atoms with Crippen LogP contribution in [0.4, 0.5) is 14.5 Å². The van der Waals surface area contributed by atoms with Gasteiger partial charge in [-0.3, -0.25) is 4.79 Å². The predicted molar refractivity (Wildman–Crippen MR) is 128 cm³/mol. The van der Waals surface area contributed by atoms with Crippen LogP contribution in [0.3, 0.4) is 0 Å². The van der Waals surface area contributed by atoms with E-state index in [-0.39, 0.29) is 12.5 Å². The zero-order chi connectivity index (χ0) is 22.7. The summed E-state index contributed by atoms with van der Waals surface area (Å²) >= 11 is 3.24. The third-order valence-electron chi connectivity index (χ3n) is 5.05. The number of hydrogen-bond donors (Lipinski definition) is 1.